The van der Waals surface area contributed by atoms with Crippen LogP contribution in [0.3, 0.4) is 0 Å². The van der Waals surface area contributed by atoms with Gasteiger partial charge in [0.05, 0.1) is 11.3 Å². The Balaban J connectivity index is 2.05. The van der Waals surface area contributed by atoms with E-state index in [0.717, 1.165) is 25.7 Å². The standard InChI is InChI=1S/C13H14BrNO4/c14-8-5-6-11(10(7-8)12(16)17)15-13(18)19-9-3-1-2-4-9/h5-7,9H,1-4H2,(H,15,18)(H,16,17). The SMILES string of the molecule is O=C(Nc1ccc(Br)cc1C(=O)O)OC1CCCC1. The number of hydrogen-bond acceptors (Lipinski definition) is 3. The Kier molecular flexibility index (Phi) is 4.42. The van der Waals surface area contributed by atoms with Crippen LogP contribution in [0, 0.1) is 0 Å². The molecule has 102 valence electrons. The second-order valence-electron chi connectivity index (χ2n) is 4.43. The van der Waals surface area contributed by atoms with Gasteiger partial charge in [-0.3, -0.25) is 5.32 Å². The van der Waals surface area contributed by atoms with E-state index in [0.29, 0.717) is 4.47 Å². The zero-order valence-corrected chi connectivity index (χ0v) is 11.8. The molecule has 1 fully saturated rings. The number of hydrogen-bond donors (Lipinski definition) is 2. The molecule has 0 spiro atoms. The number of carboxylic acids is 1. The van der Waals surface area contributed by atoms with Gasteiger partial charge in [-0.15, -0.1) is 0 Å². The molecule has 0 aromatic heterocycles. The van der Waals surface area contributed by atoms with Gasteiger partial charge in [0, 0.05) is 4.47 Å². The van der Waals surface area contributed by atoms with Crippen molar-refractivity contribution in [1.29, 1.82) is 0 Å². The van der Waals surface area contributed by atoms with Crippen LogP contribution in [0.4, 0.5) is 10.5 Å². The first-order chi connectivity index (χ1) is 9.06. The van der Waals surface area contributed by atoms with Crippen LogP contribution in [0.1, 0.15) is 36.0 Å². The number of carbonyl (C=O) groups is 2. The predicted octanol–water partition coefficient (Wildman–Crippen LogP) is 3.64. The summed E-state index contributed by atoms with van der Waals surface area (Å²) in [6, 6.07) is 4.63. The van der Waals surface area contributed by atoms with E-state index in [1.54, 1.807) is 6.07 Å². The minimum atomic E-state index is -1.10. The topological polar surface area (TPSA) is 75.6 Å². The molecule has 1 amide bonds. The number of nitrogens with one attached hydrogen (secondary N) is 1. The van der Waals surface area contributed by atoms with E-state index in [1.807, 2.05) is 0 Å². The fourth-order valence-electron chi connectivity index (χ4n) is 2.10. The van der Waals surface area contributed by atoms with Gasteiger partial charge in [-0.05, 0) is 43.9 Å². The summed E-state index contributed by atoms with van der Waals surface area (Å²) in [4.78, 5) is 22.8. The van der Waals surface area contributed by atoms with Gasteiger partial charge in [0.25, 0.3) is 0 Å². The quantitative estimate of drug-likeness (QED) is 0.888. The molecule has 2 rings (SSSR count). The van der Waals surface area contributed by atoms with Crippen LogP contribution >= 0.6 is 15.9 Å². The van der Waals surface area contributed by atoms with Crippen LogP contribution in [0.15, 0.2) is 22.7 Å². The summed E-state index contributed by atoms with van der Waals surface area (Å²) in [6.45, 7) is 0. The lowest BCUT2D eigenvalue weighted by Gasteiger charge is -2.13. The summed E-state index contributed by atoms with van der Waals surface area (Å²) in [5.74, 6) is -1.10. The summed E-state index contributed by atoms with van der Waals surface area (Å²) in [7, 11) is 0. The van der Waals surface area contributed by atoms with Crippen molar-refractivity contribution in [3.63, 3.8) is 0 Å². The Morgan fingerprint density at radius 3 is 2.63 bits per heavy atom. The van der Waals surface area contributed by atoms with E-state index in [9.17, 15) is 9.59 Å². The van der Waals surface area contributed by atoms with Crippen molar-refractivity contribution in [2.24, 2.45) is 0 Å². The van der Waals surface area contributed by atoms with Crippen LogP contribution in [0.5, 0.6) is 0 Å². The van der Waals surface area contributed by atoms with Gasteiger partial charge in [-0.2, -0.15) is 0 Å². The number of amides is 1. The largest absolute Gasteiger partial charge is 0.478 e. The smallest absolute Gasteiger partial charge is 0.411 e. The maximum Gasteiger partial charge on any atom is 0.411 e. The molecule has 0 radical (unpaired) electrons. The molecule has 1 aromatic rings. The molecule has 0 heterocycles. The first kappa shape index (κ1) is 13.9. The van der Waals surface area contributed by atoms with Crippen molar-refractivity contribution in [2.45, 2.75) is 31.8 Å². The number of benzene rings is 1. The average Bonchev–Trinajstić information content (AvgIpc) is 2.83. The Labute approximate surface area is 119 Å². The lowest BCUT2D eigenvalue weighted by molar-refractivity contribution is 0.0698. The monoisotopic (exact) mass is 327 g/mol. The van der Waals surface area contributed by atoms with Crippen molar-refractivity contribution < 1.29 is 19.4 Å². The lowest BCUT2D eigenvalue weighted by Crippen LogP contribution is -2.21. The molecule has 19 heavy (non-hydrogen) atoms. The summed E-state index contributed by atoms with van der Waals surface area (Å²) in [5.41, 5.74) is 0.261. The van der Waals surface area contributed by atoms with Gasteiger partial charge in [0.2, 0.25) is 0 Å². The first-order valence-corrected chi connectivity index (χ1v) is 6.86. The zero-order valence-electron chi connectivity index (χ0n) is 10.2. The Morgan fingerprint density at radius 2 is 2.00 bits per heavy atom. The predicted molar refractivity (Wildman–Crippen MR) is 73.5 cm³/mol. The molecule has 0 bridgehead atoms. The molecule has 0 atom stereocenters. The van der Waals surface area contributed by atoms with E-state index in [4.69, 9.17) is 9.84 Å². The Bertz CT molecular complexity index is 497. The minimum absolute atomic E-state index is 0.0257. The molecule has 2 N–H and O–H groups in total. The molecule has 0 aliphatic heterocycles. The minimum Gasteiger partial charge on any atom is -0.478 e. The average molecular weight is 328 g/mol. The van der Waals surface area contributed by atoms with Crippen molar-refractivity contribution in [3.05, 3.63) is 28.2 Å². The van der Waals surface area contributed by atoms with Crippen LogP contribution < -0.4 is 5.32 Å². The van der Waals surface area contributed by atoms with Gasteiger partial charge in [-0.1, -0.05) is 15.9 Å². The second-order valence-corrected chi connectivity index (χ2v) is 5.35. The molecule has 1 saturated carbocycles. The molecule has 1 aliphatic carbocycles. The molecular formula is C13H14BrNO4. The summed E-state index contributed by atoms with van der Waals surface area (Å²) in [5, 5.41) is 11.6. The van der Waals surface area contributed by atoms with Crippen molar-refractivity contribution in [2.75, 3.05) is 5.32 Å². The highest BCUT2D eigenvalue weighted by Crippen LogP contribution is 2.24. The van der Waals surface area contributed by atoms with Crippen LogP contribution in [-0.4, -0.2) is 23.3 Å². The van der Waals surface area contributed by atoms with Gasteiger partial charge in [0.15, 0.2) is 0 Å². The number of halogens is 1. The Hall–Kier alpha value is -1.56. The molecule has 0 saturated heterocycles. The van der Waals surface area contributed by atoms with E-state index in [1.165, 1.54) is 12.1 Å². The normalized spacial score (nSPS) is 15.2. The fraction of sp³-hybridized carbons (Fsp3) is 0.385. The maximum absolute atomic E-state index is 11.7. The van der Waals surface area contributed by atoms with E-state index >= 15 is 0 Å². The number of carboxylic acid groups (broad SMARTS) is 1. The summed E-state index contributed by atoms with van der Waals surface area (Å²) < 4.78 is 5.86. The lowest BCUT2D eigenvalue weighted by atomic mass is 10.2. The third-order valence-corrected chi connectivity index (χ3v) is 3.52. The number of aromatic carboxylic acids is 1. The summed E-state index contributed by atoms with van der Waals surface area (Å²) in [6.07, 6.45) is 3.23. The first-order valence-electron chi connectivity index (χ1n) is 6.07. The van der Waals surface area contributed by atoms with Crippen LogP contribution in [-0.2, 0) is 4.74 Å². The van der Waals surface area contributed by atoms with E-state index in [2.05, 4.69) is 21.2 Å². The van der Waals surface area contributed by atoms with Gasteiger partial charge in [0.1, 0.15) is 6.10 Å². The van der Waals surface area contributed by atoms with E-state index in [-0.39, 0.29) is 17.4 Å². The third kappa shape index (κ3) is 3.70. The fourth-order valence-corrected chi connectivity index (χ4v) is 2.46. The highest BCUT2D eigenvalue weighted by molar-refractivity contribution is 9.10. The number of ether oxygens (including phenoxy) is 1. The van der Waals surface area contributed by atoms with Crippen molar-refractivity contribution >= 4 is 33.7 Å². The van der Waals surface area contributed by atoms with Crippen LogP contribution in [0.25, 0.3) is 0 Å². The highest BCUT2D eigenvalue weighted by Gasteiger charge is 2.20. The maximum atomic E-state index is 11.7. The molecule has 6 heteroatoms. The second kappa shape index (κ2) is 6.06. The number of anilines is 1. The Morgan fingerprint density at radius 1 is 1.32 bits per heavy atom. The van der Waals surface area contributed by atoms with Crippen molar-refractivity contribution in [1.82, 2.24) is 0 Å². The third-order valence-electron chi connectivity index (χ3n) is 3.02. The van der Waals surface area contributed by atoms with Gasteiger partial charge < -0.3 is 9.84 Å². The van der Waals surface area contributed by atoms with Crippen LogP contribution in [0.2, 0.25) is 0 Å². The molecule has 5 nitrogen and oxygen atoms in total. The zero-order chi connectivity index (χ0) is 13.8. The van der Waals surface area contributed by atoms with Crippen molar-refractivity contribution in [3.8, 4) is 0 Å². The molecular weight excluding hydrogens is 314 g/mol. The number of rotatable bonds is 3. The van der Waals surface area contributed by atoms with Gasteiger partial charge >= 0.3 is 12.1 Å². The molecule has 1 aliphatic rings. The molecule has 0 unspecified atom stereocenters. The highest BCUT2D eigenvalue weighted by atomic mass is 79.9. The molecule has 1 aromatic carbocycles. The van der Waals surface area contributed by atoms with Gasteiger partial charge in [-0.25, -0.2) is 9.59 Å². The van der Waals surface area contributed by atoms with E-state index < -0.39 is 12.1 Å². The summed E-state index contributed by atoms with van der Waals surface area (Å²) >= 11 is 3.19. The number of carbonyl (C=O) groups excluding carboxylic acids is 1.